The highest BCUT2D eigenvalue weighted by atomic mass is 16.7. The lowest BCUT2D eigenvalue weighted by atomic mass is 9.97. The molecule has 0 aromatic carbocycles. The van der Waals surface area contributed by atoms with E-state index in [1.54, 1.807) is 6.08 Å². The van der Waals surface area contributed by atoms with Gasteiger partial charge in [-0.1, -0.05) is 212 Å². The fourth-order valence-corrected chi connectivity index (χ4v) is 9.23. The lowest BCUT2D eigenvalue weighted by Crippen LogP contribution is -2.65. The van der Waals surface area contributed by atoms with Gasteiger partial charge in [0.05, 0.1) is 32.0 Å². The Morgan fingerprint density at radius 3 is 1.37 bits per heavy atom. The number of hydrogen-bond acceptors (Lipinski definition) is 13. The van der Waals surface area contributed by atoms with E-state index < -0.39 is 86.8 Å². The van der Waals surface area contributed by atoms with E-state index in [0.717, 1.165) is 38.5 Å². The number of carbonyl (C=O) groups excluding carboxylic acids is 1. The molecule has 1 amide bonds. The second-order valence-electron chi connectivity index (χ2n) is 19.7. The number of unbranched alkanes of at least 4 members (excludes halogenated alkanes) is 30. The monoisotopic (exact) mass is 960 g/mol. The number of allylic oxidation sites excluding steroid dienone is 1. The number of aliphatic hydroxyl groups is 8. The van der Waals surface area contributed by atoms with E-state index in [1.165, 1.54) is 161 Å². The zero-order valence-corrected chi connectivity index (χ0v) is 42.2. The minimum absolute atomic E-state index is 0.236. The third-order valence-corrected chi connectivity index (χ3v) is 13.7. The molecule has 2 aliphatic heterocycles. The molecule has 396 valence electrons. The van der Waals surface area contributed by atoms with Crippen LogP contribution in [0.1, 0.15) is 226 Å². The summed E-state index contributed by atoms with van der Waals surface area (Å²) < 4.78 is 22.7. The second kappa shape index (κ2) is 40.3. The van der Waals surface area contributed by atoms with Crippen molar-refractivity contribution in [3.05, 3.63) is 12.2 Å². The van der Waals surface area contributed by atoms with Crippen LogP contribution in [0.2, 0.25) is 0 Å². The smallest absolute Gasteiger partial charge is 0.220 e. The first kappa shape index (κ1) is 61.8. The summed E-state index contributed by atoms with van der Waals surface area (Å²) in [5.74, 6) is -0.236. The second-order valence-corrected chi connectivity index (χ2v) is 19.7. The molecule has 0 aliphatic carbocycles. The zero-order chi connectivity index (χ0) is 48.9. The van der Waals surface area contributed by atoms with Gasteiger partial charge in [0.15, 0.2) is 12.6 Å². The summed E-state index contributed by atoms with van der Waals surface area (Å²) in [4.78, 5) is 13.2. The maximum atomic E-state index is 13.2. The Hall–Kier alpha value is -1.27. The summed E-state index contributed by atoms with van der Waals surface area (Å²) in [7, 11) is 0. The summed E-state index contributed by atoms with van der Waals surface area (Å²) in [5, 5.41) is 86.8. The number of ether oxygens (including phenoxy) is 4. The number of rotatable bonds is 43. The standard InChI is InChI=1S/C53H101NO13/c1-3-5-7-9-11-13-15-17-19-20-21-22-23-25-27-29-31-33-35-37-45(58)54-41(42(57)36-34-32-30-28-26-24-18-16-14-12-10-8-6-4-2)40-64-52-50(63)48(61)51(44(39-56)66-52)67-53-49(62)47(60)46(59)43(38-55)65-53/h34,36,41-44,46-53,55-57,59-63H,3-33,35,37-40H2,1-2H3,(H,54,58)/b36-34+. The van der Waals surface area contributed by atoms with Crippen molar-refractivity contribution in [2.75, 3.05) is 19.8 Å². The summed E-state index contributed by atoms with van der Waals surface area (Å²) in [6.07, 6.45) is 26.7. The normalized spacial score (nSPS) is 26.6. The third kappa shape index (κ3) is 27.2. The highest BCUT2D eigenvalue weighted by Gasteiger charge is 2.51. The fraction of sp³-hybridized carbons (Fsp3) is 0.943. The van der Waals surface area contributed by atoms with Crippen LogP contribution in [0.4, 0.5) is 0 Å². The van der Waals surface area contributed by atoms with Gasteiger partial charge in [-0.2, -0.15) is 0 Å². The van der Waals surface area contributed by atoms with Crippen LogP contribution in [-0.2, 0) is 23.7 Å². The Morgan fingerprint density at radius 1 is 0.522 bits per heavy atom. The first-order valence-electron chi connectivity index (χ1n) is 27.4. The van der Waals surface area contributed by atoms with Crippen LogP contribution in [0.5, 0.6) is 0 Å². The lowest BCUT2D eigenvalue weighted by Gasteiger charge is -2.46. The topological polar surface area (TPSA) is 228 Å². The first-order valence-corrected chi connectivity index (χ1v) is 27.4. The number of aliphatic hydroxyl groups excluding tert-OH is 8. The molecule has 0 saturated carbocycles. The van der Waals surface area contributed by atoms with Gasteiger partial charge < -0.3 is 65.1 Å². The summed E-state index contributed by atoms with van der Waals surface area (Å²) in [5.41, 5.74) is 0. The van der Waals surface area contributed by atoms with Gasteiger partial charge in [-0.15, -0.1) is 0 Å². The van der Waals surface area contributed by atoms with Gasteiger partial charge in [-0.05, 0) is 19.3 Å². The fourth-order valence-electron chi connectivity index (χ4n) is 9.23. The van der Waals surface area contributed by atoms with Crippen molar-refractivity contribution in [1.82, 2.24) is 5.32 Å². The molecule has 2 rings (SSSR count). The van der Waals surface area contributed by atoms with E-state index in [2.05, 4.69) is 19.2 Å². The van der Waals surface area contributed by atoms with E-state index in [-0.39, 0.29) is 18.9 Å². The largest absolute Gasteiger partial charge is 0.394 e. The van der Waals surface area contributed by atoms with Crippen molar-refractivity contribution in [3.8, 4) is 0 Å². The number of hydrogen-bond donors (Lipinski definition) is 9. The van der Waals surface area contributed by atoms with Crippen LogP contribution in [0, 0.1) is 0 Å². The molecule has 67 heavy (non-hydrogen) atoms. The minimum atomic E-state index is -1.78. The predicted molar refractivity (Wildman–Crippen MR) is 263 cm³/mol. The van der Waals surface area contributed by atoms with Gasteiger partial charge >= 0.3 is 0 Å². The van der Waals surface area contributed by atoms with Crippen LogP contribution >= 0.6 is 0 Å². The first-order chi connectivity index (χ1) is 32.6. The Morgan fingerprint density at radius 2 is 0.925 bits per heavy atom. The van der Waals surface area contributed by atoms with Gasteiger partial charge in [-0.3, -0.25) is 4.79 Å². The van der Waals surface area contributed by atoms with Crippen LogP contribution in [-0.4, -0.2) is 140 Å². The molecular weight excluding hydrogens is 859 g/mol. The minimum Gasteiger partial charge on any atom is -0.394 e. The SMILES string of the molecule is CCCCCCCCCCCCCC/C=C/C(O)C(COC1OC(CO)C(OC2OC(CO)C(O)C(O)C2O)C(O)C1O)NC(=O)CCCCCCCCCCCCCCCCCCCCC. The van der Waals surface area contributed by atoms with Gasteiger partial charge in [-0.25, -0.2) is 0 Å². The highest BCUT2D eigenvalue weighted by Crippen LogP contribution is 2.30. The lowest BCUT2D eigenvalue weighted by molar-refractivity contribution is -0.359. The van der Waals surface area contributed by atoms with Crippen molar-refractivity contribution < 1.29 is 64.6 Å². The van der Waals surface area contributed by atoms with Crippen molar-refractivity contribution in [1.29, 1.82) is 0 Å². The molecule has 14 heteroatoms. The summed E-state index contributed by atoms with van der Waals surface area (Å²) >= 11 is 0. The van der Waals surface area contributed by atoms with Crippen molar-refractivity contribution >= 4 is 5.91 Å². The van der Waals surface area contributed by atoms with Crippen molar-refractivity contribution in [3.63, 3.8) is 0 Å². The molecule has 0 spiro atoms. The molecule has 0 aromatic rings. The van der Waals surface area contributed by atoms with Crippen LogP contribution in [0.3, 0.4) is 0 Å². The van der Waals surface area contributed by atoms with E-state index in [1.807, 2.05) is 6.08 Å². The molecule has 2 saturated heterocycles. The third-order valence-electron chi connectivity index (χ3n) is 13.7. The van der Waals surface area contributed by atoms with E-state index >= 15 is 0 Å². The van der Waals surface area contributed by atoms with Gasteiger partial charge in [0, 0.05) is 6.42 Å². The Labute approximate surface area is 406 Å². The zero-order valence-electron chi connectivity index (χ0n) is 42.2. The van der Waals surface area contributed by atoms with E-state index in [9.17, 15) is 45.6 Å². The predicted octanol–water partition coefficient (Wildman–Crippen LogP) is 7.94. The number of nitrogens with one attached hydrogen (secondary N) is 1. The maximum Gasteiger partial charge on any atom is 0.220 e. The molecular formula is C53H101NO13. The Bertz CT molecular complexity index is 1180. The van der Waals surface area contributed by atoms with Crippen LogP contribution < -0.4 is 5.32 Å². The van der Waals surface area contributed by atoms with Crippen LogP contribution in [0.25, 0.3) is 0 Å². The average Bonchev–Trinajstić information content (AvgIpc) is 3.32. The molecule has 0 radical (unpaired) electrons. The molecule has 0 aromatic heterocycles. The molecule has 2 aliphatic rings. The van der Waals surface area contributed by atoms with E-state index in [4.69, 9.17) is 18.9 Å². The van der Waals surface area contributed by atoms with Crippen molar-refractivity contribution in [2.24, 2.45) is 0 Å². The van der Waals surface area contributed by atoms with Crippen LogP contribution in [0.15, 0.2) is 12.2 Å². The number of carbonyl (C=O) groups is 1. The maximum absolute atomic E-state index is 13.2. The summed E-state index contributed by atoms with van der Waals surface area (Å²) in [6.45, 7) is 2.81. The quantitative estimate of drug-likeness (QED) is 0.0209. The van der Waals surface area contributed by atoms with Gasteiger partial charge in [0.25, 0.3) is 0 Å². The Kier molecular flexibility index (Phi) is 37.2. The van der Waals surface area contributed by atoms with E-state index in [0.29, 0.717) is 6.42 Å². The highest BCUT2D eigenvalue weighted by molar-refractivity contribution is 5.76. The van der Waals surface area contributed by atoms with Gasteiger partial charge in [0.1, 0.15) is 48.8 Å². The average molecular weight is 960 g/mol. The molecule has 2 fully saturated rings. The molecule has 2 heterocycles. The molecule has 12 atom stereocenters. The Balaban J connectivity index is 1.80. The molecule has 0 bridgehead atoms. The van der Waals surface area contributed by atoms with Crippen molar-refractivity contribution in [2.45, 2.75) is 299 Å². The summed E-state index contributed by atoms with van der Waals surface area (Å²) in [6, 6.07) is -0.908. The molecule has 12 unspecified atom stereocenters. The van der Waals surface area contributed by atoms with Gasteiger partial charge in [0.2, 0.25) is 5.91 Å². The molecule has 9 N–H and O–H groups in total. The molecule has 14 nitrogen and oxygen atoms in total. The number of amides is 1.